The van der Waals surface area contributed by atoms with E-state index in [-0.39, 0.29) is 18.0 Å². The third-order valence-corrected chi connectivity index (χ3v) is 5.68. The minimum absolute atomic E-state index is 0.200. The lowest BCUT2D eigenvalue weighted by atomic mass is 9.73. The van der Waals surface area contributed by atoms with Crippen molar-refractivity contribution in [1.29, 1.82) is 0 Å². The Morgan fingerprint density at radius 3 is 2.88 bits per heavy atom. The van der Waals surface area contributed by atoms with Crippen LogP contribution in [0, 0.1) is 5.41 Å². The number of alkyl halides is 1. The van der Waals surface area contributed by atoms with Gasteiger partial charge in [0.25, 0.3) is 0 Å². The summed E-state index contributed by atoms with van der Waals surface area (Å²) in [6, 6.07) is 5.88. The highest BCUT2D eigenvalue weighted by Gasteiger charge is 2.41. The van der Waals surface area contributed by atoms with E-state index in [0.717, 1.165) is 51.1 Å². The second-order valence-corrected chi connectivity index (χ2v) is 7.70. The maximum absolute atomic E-state index is 12.4. The van der Waals surface area contributed by atoms with E-state index in [1.165, 1.54) is 12.8 Å². The molecule has 0 radical (unpaired) electrons. The fourth-order valence-electron chi connectivity index (χ4n) is 4.37. The molecule has 138 valence electrons. The lowest BCUT2D eigenvalue weighted by Crippen LogP contribution is -2.53. The number of aromatic nitrogens is 1. The first-order valence-electron chi connectivity index (χ1n) is 9.67. The molecule has 0 N–H and O–H groups in total. The van der Waals surface area contributed by atoms with Crippen LogP contribution in [0.4, 0.5) is 4.39 Å². The van der Waals surface area contributed by atoms with Gasteiger partial charge in [-0.25, -0.2) is 0 Å². The van der Waals surface area contributed by atoms with Gasteiger partial charge in [0.15, 0.2) is 0 Å². The zero-order valence-corrected chi connectivity index (χ0v) is 15.1. The smallest absolute Gasteiger partial charge is 0.222 e. The van der Waals surface area contributed by atoms with Crippen molar-refractivity contribution in [3.63, 3.8) is 0 Å². The number of hydrogen-bond acceptors (Lipinski definition) is 3. The van der Waals surface area contributed by atoms with Gasteiger partial charge in [-0.1, -0.05) is 6.07 Å². The molecule has 3 rings (SSSR count). The molecule has 5 heteroatoms. The number of likely N-dealkylation sites (tertiary alicyclic amines) is 2. The predicted molar refractivity (Wildman–Crippen MR) is 96.8 cm³/mol. The van der Waals surface area contributed by atoms with E-state index in [9.17, 15) is 9.18 Å². The molecular weight excluding hydrogens is 317 g/mol. The van der Waals surface area contributed by atoms with Crippen molar-refractivity contribution in [3.8, 4) is 0 Å². The molecule has 1 unspecified atom stereocenters. The van der Waals surface area contributed by atoms with Crippen LogP contribution in [0.2, 0.25) is 0 Å². The van der Waals surface area contributed by atoms with Crippen LogP contribution in [0.15, 0.2) is 24.4 Å². The van der Waals surface area contributed by atoms with Gasteiger partial charge in [0.05, 0.1) is 18.9 Å². The summed E-state index contributed by atoms with van der Waals surface area (Å²) < 4.78 is 12.2. The Hall–Kier alpha value is -1.49. The summed E-state index contributed by atoms with van der Waals surface area (Å²) in [5, 5.41) is 0. The minimum atomic E-state index is -0.200. The predicted octanol–water partition coefficient (Wildman–Crippen LogP) is 3.43. The highest BCUT2D eigenvalue weighted by Crippen LogP contribution is 2.39. The normalized spacial score (nSPS) is 24.8. The molecule has 0 bridgehead atoms. The Morgan fingerprint density at radius 1 is 1.16 bits per heavy atom. The van der Waals surface area contributed by atoms with Crippen LogP contribution in [0.5, 0.6) is 0 Å². The zero-order chi connectivity index (χ0) is 17.5. The Kier molecular flexibility index (Phi) is 6.40. The molecule has 3 heterocycles. The average molecular weight is 347 g/mol. The molecule has 0 aromatic carbocycles. The number of rotatable bonds is 7. The Bertz CT molecular complexity index is 553. The first-order valence-corrected chi connectivity index (χ1v) is 9.67. The molecule has 1 atom stereocenters. The SMILES string of the molecule is O=C1CCC2(CCCN(CCCCCF)C2)CN1Cc1ccccn1. The fourth-order valence-corrected chi connectivity index (χ4v) is 4.37. The highest BCUT2D eigenvalue weighted by molar-refractivity contribution is 5.77. The third-order valence-electron chi connectivity index (χ3n) is 5.68. The molecule has 25 heavy (non-hydrogen) atoms. The first kappa shape index (κ1) is 18.3. The number of carbonyl (C=O) groups excluding carboxylic acids is 1. The molecule has 2 saturated heterocycles. The topological polar surface area (TPSA) is 36.4 Å². The molecule has 1 aromatic rings. The van der Waals surface area contributed by atoms with Crippen molar-refractivity contribution in [2.24, 2.45) is 5.41 Å². The molecule has 0 saturated carbocycles. The van der Waals surface area contributed by atoms with Gasteiger partial charge in [0.2, 0.25) is 5.91 Å². The summed E-state index contributed by atoms with van der Waals surface area (Å²) in [4.78, 5) is 21.3. The van der Waals surface area contributed by atoms with Crippen molar-refractivity contribution >= 4 is 5.91 Å². The second-order valence-electron chi connectivity index (χ2n) is 7.70. The molecular formula is C20H30FN3O. The van der Waals surface area contributed by atoms with Gasteiger partial charge in [-0.2, -0.15) is 0 Å². The van der Waals surface area contributed by atoms with Gasteiger partial charge < -0.3 is 9.80 Å². The lowest BCUT2D eigenvalue weighted by Gasteiger charge is -2.48. The maximum atomic E-state index is 12.4. The van der Waals surface area contributed by atoms with Crippen LogP contribution < -0.4 is 0 Å². The van der Waals surface area contributed by atoms with Crippen LogP contribution in [0.25, 0.3) is 0 Å². The molecule has 1 amide bonds. The van der Waals surface area contributed by atoms with Crippen molar-refractivity contribution in [1.82, 2.24) is 14.8 Å². The summed E-state index contributed by atoms with van der Waals surface area (Å²) in [5.41, 5.74) is 1.20. The van der Waals surface area contributed by atoms with Crippen LogP contribution in [0.3, 0.4) is 0 Å². The van der Waals surface area contributed by atoms with E-state index in [0.29, 0.717) is 19.4 Å². The number of pyridine rings is 1. The summed E-state index contributed by atoms with van der Waals surface area (Å²) in [7, 11) is 0. The quantitative estimate of drug-likeness (QED) is 0.709. The van der Waals surface area contributed by atoms with Crippen molar-refractivity contribution < 1.29 is 9.18 Å². The lowest BCUT2D eigenvalue weighted by molar-refractivity contribution is -0.140. The zero-order valence-electron chi connectivity index (χ0n) is 15.1. The first-order chi connectivity index (χ1) is 12.2. The maximum Gasteiger partial charge on any atom is 0.222 e. The Labute approximate surface area is 150 Å². The van der Waals surface area contributed by atoms with Gasteiger partial charge in [-0.05, 0) is 63.7 Å². The molecule has 2 fully saturated rings. The molecule has 1 spiro atoms. The Balaban J connectivity index is 1.57. The summed E-state index contributed by atoms with van der Waals surface area (Å²) in [6.07, 6.45) is 8.61. The standard InChI is InChI=1S/C20H30FN3O/c21-11-3-1-5-13-23-14-6-9-20(16-23)10-8-19(25)24(17-20)15-18-7-2-4-12-22-18/h2,4,7,12H,1,3,5-6,8-11,13-17H2. The van der Waals surface area contributed by atoms with Crippen molar-refractivity contribution in [2.75, 3.05) is 32.9 Å². The molecule has 0 aliphatic carbocycles. The number of hydrogen-bond donors (Lipinski definition) is 0. The number of amides is 1. The number of carbonyl (C=O) groups is 1. The number of halogens is 1. The second kappa shape index (κ2) is 8.75. The van der Waals surface area contributed by atoms with Crippen LogP contribution >= 0.6 is 0 Å². The Morgan fingerprint density at radius 2 is 2.08 bits per heavy atom. The van der Waals surface area contributed by atoms with Crippen LogP contribution in [0.1, 0.15) is 50.6 Å². The molecule has 2 aliphatic heterocycles. The molecule has 1 aromatic heterocycles. The van der Waals surface area contributed by atoms with Gasteiger partial charge >= 0.3 is 0 Å². The van der Waals surface area contributed by atoms with E-state index in [2.05, 4.69) is 9.88 Å². The summed E-state index contributed by atoms with van der Waals surface area (Å²) >= 11 is 0. The van der Waals surface area contributed by atoms with Gasteiger partial charge in [0, 0.05) is 31.1 Å². The number of nitrogens with zero attached hydrogens (tertiary/aromatic N) is 3. The van der Waals surface area contributed by atoms with E-state index < -0.39 is 0 Å². The van der Waals surface area contributed by atoms with Crippen molar-refractivity contribution in [3.05, 3.63) is 30.1 Å². The summed E-state index contributed by atoms with van der Waals surface area (Å²) in [6.45, 7) is 4.56. The fraction of sp³-hybridized carbons (Fsp3) is 0.700. The average Bonchev–Trinajstić information content (AvgIpc) is 2.63. The molecule has 2 aliphatic rings. The number of unbranched alkanes of at least 4 members (excludes halogenated alkanes) is 2. The van der Waals surface area contributed by atoms with E-state index in [4.69, 9.17) is 0 Å². The summed E-state index contributed by atoms with van der Waals surface area (Å²) in [5.74, 6) is 0.261. The van der Waals surface area contributed by atoms with Gasteiger partial charge in [-0.15, -0.1) is 0 Å². The van der Waals surface area contributed by atoms with Crippen LogP contribution in [-0.2, 0) is 11.3 Å². The van der Waals surface area contributed by atoms with Crippen molar-refractivity contribution in [2.45, 2.75) is 51.5 Å². The monoisotopic (exact) mass is 347 g/mol. The van der Waals surface area contributed by atoms with Crippen LogP contribution in [-0.4, -0.2) is 53.5 Å². The van der Waals surface area contributed by atoms with Gasteiger partial charge in [0.1, 0.15) is 0 Å². The van der Waals surface area contributed by atoms with Gasteiger partial charge in [-0.3, -0.25) is 14.2 Å². The van der Waals surface area contributed by atoms with E-state index in [1.807, 2.05) is 23.1 Å². The largest absolute Gasteiger partial charge is 0.336 e. The number of piperidine rings is 2. The molecule has 4 nitrogen and oxygen atoms in total. The van der Waals surface area contributed by atoms with E-state index >= 15 is 0 Å². The van der Waals surface area contributed by atoms with E-state index in [1.54, 1.807) is 6.20 Å². The minimum Gasteiger partial charge on any atom is -0.336 e. The highest BCUT2D eigenvalue weighted by atomic mass is 19.1. The third kappa shape index (κ3) is 5.00.